The Kier molecular flexibility index (Phi) is 7.97. The molecular formula is C21H22F3N3O3. The van der Waals surface area contributed by atoms with E-state index in [4.69, 9.17) is 0 Å². The van der Waals surface area contributed by atoms with E-state index >= 15 is 0 Å². The molecule has 0 saturated carbocycles. The molecular weight excluding hydrogens is 399 g/mol. The van der Waals surface area contributed by atoms with Crippen molar-refractivity contribution in [1.29, 1.82) is 0 Å². The molecule has 3 N–H and O–H groups in total. The summed E-state index contributed by atoms with van der Waals surface area (Å²) < 4.78 is 39.8. The molecule has 6 nitrogen and oxygen atoms in total. The Balaban J connectivity index is 1.99. The quantitative estimate of drug-likeness (QED) is 0.573. The maximum atomic E-state index is 13.6. The van der Waals surface area contributed by atoms with Crippen LogP contribution in [0.1, 0.15) is 30.6 Å². The van der Waals surface area contributed by atoms with Crippen molar-refractivity contribution in [3.63, 3.8) is 0 Å². The summed E-state index contributed by atoms with van der Waals surface area (Å²) in [6.07, 6.45) is 0.583. The fourth-order valence-electron chi connectivity index (χ4n) is 2.61. The van der Waals surface area contributed by atoms with Crippen LogP contribution in [0.2, 0.25) is 0 Å². The predicted octanol–water partition coefficient (Wildman–Crippen LogP) is 3.00. The number of benzene rings is 2. The second-order valence-electron chi connectivity index (χ2n) is 6.69. The molecule has 0 spiro atoms. The van der Waals surface area contributed by atoms with Gasteiger partial charge in [0.2, 0.25) is 11.8 Å². The first-order valence-corrected chi connectivity index (χ1v) is 9.31. The summed E-state index contributed by atoms with van der Waals surface area (Å²) in [5.74, 6) is -6.75. The van der Waals surface area contributed by atoms with Gasteiger partial charge in [-0.1, -0.05) is 38.5 Å². The van der Waals surface area contributed by atoms with Crippen molar-refractivity contribution < 1.29 is 27.6 Å². The van der Waals surface area contributed by atoms with E-state index in [0.29, 0.717) is 18.1 Å². The van der Waals surface area contributed by atoms with Crippen LogP contribution < -0.4 is 16.0 Å². The molecule has 0 radical (unpaired) electrons. The highest BCUT2D eigenvalue weighted by Gasteiger charge is 2.26. The first-order chi connectivity index (χ1) is 14.2. The fourth-order valence-corrected chi connectivity index (χ4v) is 2.61. The van der Waals surface area contributed by atoms with Gasteiger partial charge in [0.15, 0.2) is 17.5 Å². The minimum Gasteiger partial charge on any atom is -0.345 e. The number of rotatable bonds is 8. The molecule has 2 atom stereocenters. The van der Waals surface area contributed by atoms with Crippen LogP contribution in [-0.4, -0.2) is 30.3 Å². The predicted molar refractivity (Wildman–Crippen MR) is 105 cm³/mol. The van der Waals surface area contributed by atoms with E-state index in [1.807, 2.05) is 6.92 Å². The highest BCUT2D eigenvalue weighted by Crippen LogP contribution is 2.19. The maximum Gasteiger partial charge on any atom is 0.251 e. The second-order valence-corrected chi connectivity index (χ2v) is 6.69. The largest absolute Gasteiger partial charge is 0.345 e. The monoisotopic (exact) mass is 421 g/mol. The van der Waals surface area contributed by atoms with E-state index in [1.54, 1.807) is 37.3 Å². The fraction of sp³-hybridized carbons (Fsp3) is 0.286. The topological polar surface area (TPSA) is 87.3 Å². The van der Waals surface area contributed by atoms with Crippen molar-refractivity contribution in [3.05, 3.63) is 65.5 Å². The summed E-state index contributed by atoms with van der Waals surface area (Å²) in [6.45, 7) is 3.07. The number of amides is 3. The van der Waals surface area contributed by atoms with Crippen LogP contribution in [-0.2, 0) is 9.59 Å². The number of carbonyl (C=O) groups is 3. The van der Waals surface area contributed by atoms with Crippen molar-refractivity contribution in [1.82, 2.24) is 10.6 Å². The zero-order valence-electron chi connectivity index (χ0n) is 16.5. The summed E-state index contributed by atoms with van der Waals surface area (Å²) in [5.41, 5.74) is -0.172. The minimum atomic E-state index is -1.71. The van der Waals surface area contributed by atoms with Gasteiger partial charge in [-0.3, -0.25) is 14.4 Å². The average Bonchev–Trinajstić information content (AvgIpc) is 2.76. The van der Waals surface area contributed by atoms with Gasteiger partial charge in [0.25, 0.3) is 5.91 Å². The Morgan fingerprint density at radius 3 is 2.27 bits per heavy atom. The molecule has 0 aliphatic heterocycles. The van der Waals surface area contributed by atoms with Crippen LogP contribution in [0.4, 0.5) is 18.9 Å². The van der Waals surface area contributed by atoms with E-state index in [2.05, 4.69) is 16.0 Å². The third-order valence-corrected chi connectivity index (χ3v) is 4.55. The maximum absolute atomic E-state index is 13.6. The normalized spacial score (nSPS) is 12.6. The lowest BCUT2D eigenvalue weighted by molar-refractivity contribution is -0.126. The van der Waals surface area contributed by atoms with Gasteiger partial charge in [-0.05, 0) is 30.2 Å². The Bertz CT molecular complexity index is 922. The average molecular weight is 421 g/mol. The van der Waals surface area contributed by atoms with Crippen LogP contribution in [0.3, 0.4) is 0 Å². The molecule has 30 heavy (non-hydrogen) atoms. The molecule has 0 heterocycles. The van der Waals surface area contributed by atoms with Crippen molar-refractivity contribution in [3.8, 4) is 0 Å². The summed E-state index contributed by atoms with van der Waals surface area (Å²) >= 11 is 0. The van der Waals surface area contributed by atoms with E-state index < -0.39 is 53.4 Å². The van der Waals surface area contributed by atoms with Gasteiger partial charge >= 0.3 is 0 Å². The second kappa shape index (κ2) is 10.4. The Morgan fingerprint density at radius 1 is 0.967 bits per heavy atom. The van der Waals surface area contributed by atoms with Crippen LogP contribution in [0.5, 0.6) is 0 Å². The van der Waals surface area contributed by atoms with Crippen molar-refractivity contribution in [2.45, 2.75) is 26.3 Å². The van der Waals surface area contributed by atoms with Crippen LogP contribution in [0.15, 0.2) is 42.5 Å². The Labute approximate surface area is 171 Å². The Morgan fingerprint density at radius 2 is 1.63 bits per heavy atom. The smallest absolute Gasteiger partial charge is 0.251 e. The molecule has 0 bridgehead atoms. The third kappa shape index (κ3) is 5.82. The number of hydrogen-bond donors (Lipinski definition) is 3. The number of carbonyl (C=O) groups excluding carboxylic acids is 3. The van der Waals surface area contributed by atoms with E-state index in [0.717, 1.165) is 6.07 Å². The van der Waals surface area contributed by atoms with Crippen LogP contribution >= 0.6 is 0 Å². The lowest BCUT2D eigenvalue weighted by Crippen LogP contribution is -2.51. The van der Waals surface area contributed by atoms with Gasteiger partial charge in [0.1, 0.15) is 6.04 Å². The minimum absolute atomic E-state index is 0.232. The summed E-state index contributed by atoms with van der Waals surface area (Å²) in [7, 11) is 0. The molecule has 0 fully saturated rings. The molecule has 2 aromatic carbocycles. The molecule has 0 saturated heterocycles. The van der Waals surface area contributed by atoms with Gasteiger partial charge in [-0.2, -0.15) is 0 Å². The summed E-state index contributed by atoms with van der Waals surface area (Å²) in [5, 5.41) is 7.07. The number of halogens is 3. The standard InChI is InChI=1S/C21H22F3N3O3/c1-3-12(2)19(27-20(29)13-7-5-4-6-8-13)21(30)25-11-16(28)26-15-10-9-14(22)17(23)18(15)24/h4-10,12,19H,3,11H2,1-2H3,(H,25,30)(H,26,28)(H,27,29). The van der Waals surface area contributed by atoms with Gasteiger partial charge in [0.05, 0.1) is 12.2 Å². The lowest BCUT2D eigenvalue weighted by atomic mass is 9.98. The van der Waals surface area contributed by atoms with E-state index in [1.165, 1.54) is 0 Å². The van der Waals surface area contributed by atoms with E-state index in [9.17, 15) is 27.6 Å². The third-order valence-electron chi connectivity index (χ3n) is 4.55. The summed E-state index contributed by atoms with van der Waals surface area (Å²) in [4.78, 5) is 36.9. The molecule has 3 amide bonds. The zero-order valence-corrected chi connectivity index (χ0v) is 16.5. The van der Waals surface area contributed by atoms with Gasteiger partial charge in [0, 0.05) is 5.56 Å². The van der Waals surface area contributed by atoms with Crippen LogP contribution in [0, 0.1) is 23.4 Å². The zero-order chi connectivity index (χ0) is 22.3. The van der Waals surface area contributed by atoms with Gasteiger partial charge in [-0.15, -0.1) is 0 Å². The molecule has 160 valence electrons. The van der Waals surface area contributed by atoms with Crippen molar-refractivity contribution >= 4 is 23.4 Å². The molecule has 0 aliphatic rings. The molecule has 0 aliphatic carbocycles. The first kappa shape index (κ1) is 22.9. The molecule has 2 aromatic rings. The number of hydrogen-bond acceptors (Lipinski definition) is 3. The van der Waals surface area contributed by atoms with E-state index in [-0.39, 0.29) is 5.92 Å². The molecule has 2 rings (SSSR count). The highest BCUT2D eigenvalue weighted by atomic mass is 19.2. The van der Waals surface area contributed by atoms with Gasteiger partial charge < -0.3 is 16.0 Å². The highest BCUT2D eigenvalue weighted by molar-refractivity contribution is 5.99. The Hall–Kier alpha value is -3.36. The SMILES string of the molecule is CCC(C)C(NC(=O)c1ccccc1)C(=O)NCC(=O)Nc1ccc(F)c(F)c1F. The van der Waals surface area contributed by atoms with Crippen molar-refractivity contribution in [2.75, 3.05) is 11.9 Å². The lowest BCUT2D eigenvalue weighted by Gasteiger charge is -2.23. The first-order valence-electron chi connectivity index (χ1n) is 9.31. The van der Waals surface area contributed by atoms with Crippen molar-refractivity contribution in [2.24, 2.45) is 5.92 Å². The molecule has 2 unspecified atom stereocenters. The van der Waals surface area contributed by atoms with Crippen LogP contribution in [0.25, 0.3) is 0 Å². The molecule has 9 heteroatoms. The summed E-state index contributed by atoms with van der Waals surface area (Å²) in [6, 6.07) is 8.97. The molecule has 0 aromatic heterocycles. The van der Waals surface area contributed by atoms with Gasteiger partial charge in [-0.25, -0.2) is 13.2 Å². The number of anilines is 1. The number of nitrogens with one attached hydrogen (secondary N) is 3.